The Labute approximate surface area is 111 Å². The van der Waals surface area contributed by atoms with Crippen LogP contribution in [0.15, 0.2) is 47.2 Å². The van der Waals surface area contributed by atoms with Crippen LogP contribution in [0.2, 0.25) is 0 Å². The molecule has 100 valence electrons. The van der Waals surface area contributed by atoms with Crippen LogP contribution in [0.25, 0.3) is 0 Å². The number of carbonyl (C=O) groups excluding carboxylic acids is 1. The Morgan fingerprint density at radius 3 is 2.79 bits per heavy atom. The summed E-state index contributed by atoms with van der Waals surface area (Å²) in [7, 11) is 1.40. The van der Waals surface area contributed by atoms with E-state index in [1.807, 2.05) is 30.3 Å². The molecule has 0 bridgehead atoms. The quantitative estimate of drug-likeness (QED) is 0.801. The molecule has 1 atom stereocenters. The van der Waals surface area contributed by atoms with Crippen LogP contribution < -0.4 is 5.32 Å². The first-order valence-electron chi connectivity index (χ1n) is 6.04. The minimum Gasteiger partial charge on any atom is -0.469 e. The highest BCUT2D eigenvalue weighted by Gasteiger charge is 2.20. The number of methoxy groups -OCH3 is 1. The number of ether oxygens (including phenoxy) is 1. The summed E-state index contributed by atoms with van der Waals surface area (Å²) in [5.41, 5.74) is 1.73. The fraction of sp³-hybridized carbons (Fsp3) is 0.286. The lowest BCUT2D eigenvalue weighted by atomic mass is 9.99. The molecule has 5 heteroatoms. The Bertz CT molecular complexity index is 497. The number of aromatic nitrogens is 1. The zero-order chi connectivity index (χ0) is 13.5. The highest BCUT2D eigenvalue weighted by atomic mass is 16.5. The van der Waals surface area contributed by atoms with Gasteiger partial charge in [-0.15, -0.1) is 0 Å². The molecule has 19 heavy (non-hydrogen) atoms. The van der Waals surface area contributed by atoms with Crippen molar-refractivity contribution in [3.05, 3.63) is 53.9 Å². The van der Waals surface area contributed by atoms with Crippen molar-refractivity contribution < 1.29 is 14.1 Å². The largest absolute Gasteiger partial charge is 0.469 e. The average molecular weight is 260 g/mol. The normalized spacial score (nSPS) is 12.1. The third kappa shape index (κ3) is 3.66. The number of esters is 1. The monoisotopic (exact) mass is 260 g/mol. The van der Waals surface area contributed by atoms with E-state index in [1.165, 1.54) is 13.4 Å². The van der Waals surface area contributed by atoms with Crippen molar-refractivity contribution in [3.8, 4) is 0 Å². The summed E-state index contributed by atoms with van der Waals surface area (Å²) >= 11 is 0. The lowest BCUT2D eigenvalue weighted by molar-refractivity contribution is -0.142. The molecule has 2 rings (SSSR count). The summed E-state index contributed by atoms with van der Waals surface area (Å²) in [6.45, 7) is 1.04. The maximum absolute atomic E-state index is 11.8. The Balaban J connectivity index is 1.97. The summed E-state index contributed by atoms with van der Waals surface area (Å²) in [4.78, 5) is 11.8. The Morgan fingerprint density at radius 1 is 1.37 bits per heavy atom. The molecule has 0 saturated carbocycles. The number of benzene rings is 1. The second-order valence-corrected chi connectivity index (χ2v) is 4.11. The molecule has 0 saturated heterocycles. The van der Waals surface area contributed by atoms with Crippen molar-refractivity contribution in [1.29, 1.82) is 0 Å². The van der Waals surface area contributed by atoms with Crippen molar-refractivity contribution in [2.45, 2.75) is 12.5 Å². The van der Waals surface area contributed by atoms with Gasteiger partial charge < -0.3 is 14.6 Å². The van der Waals surface area contributed by atoms with Crippen LogP contribution in [0.5, 0.6) is 0 Å². The summed E-state index contributed by atoms with van der Waals surface area (Å²) in [6.07, 6.45) is 1.52. The van der Waals surface area contributed by atoms with Gasteiger partial charge in [0, 0.05) is 19.2 Å². The third-order valence-electron chi connectivity index (χ3n) is 2.83. The van der Waals surface area contributed by atoms with Crippen LogP contribution in [-0.4, -0.2) is 24.8 Å². The zero-order valence-corrected chi connectivity index (χ0v) is 10.7. The van der Waals surface area contributed by atoms with Gasteiger partial charge in [0.15, 0.2) is 0 Å². The molecule has 0 amide bonds. The third-order valence-corrected chi connectivity index (χ3v) is 2.83. The van der Waals surface area contributed by atoms with Crippen LogP contribution in [0.1, 0.15) is 17.2 Å². The van der Waals surface area contributed by atoms with Gasteiger partial charge >= 0.3 is 5.97 Å². The highest BCUT2D eigenvalue weighted by Crippen LogP contribution is 2.16. The summed E-state index contributed by atoms with van der Waals surface area (Å²) in [5, 5.41) is 6.98. The predicted molar refractivity (Wildman–Crippen MR) is 69.4 cm³/mol. The van der Waals surface area contributed by atoms with E-state index in [0.717, 1.165) is 11.3 Å². The van der Waals surface area contributed by atoms with Gasteiger partial charge in [0.2, 0.25) is 0 Å². The van der Waals surface area contributed by atoms with E-state index in [0.29, 0.717) is 13.1 Å². The maximum Gasteiger partial charge on any atom is 0.314 e. The number of nitrogens with zero attached hydrogens (tertiary/aromatic N) is 1. The lowest BCUT2D eigenvalue weighted by Crippen LogP contribution is -2.27. The van der Waals surface area contributed by atoms with Gasteiger partial charge in [-0.05, 0) is 5.56 Å². The summed E-state index contributed by atoms with van der Waals surface area (Å²) < 4.78 is 9.59. The number of hydrogen-bond donors (Lipinski definition) is 1. The molecule has 1 heterocycles. The lowest BCUT2D eigenvalue weighted by Gasteiger charge is -2.15. The second kappa shape index (κ2) is 6.70. The van der Waals surface area contributed by atoms with E-state index in [1.54, 1.807) is 6.07 Å². The van der Waals surface area contributed by atoms with Crippen molar-refractivity contribution in [2.24, 2.45) is 0 Å². The van der Waals surface area contributed by atoms with Crippen LogP contribution in [0.3, 0.4) is 0 Å². The smallest absolute Gasteiger partial charge is 0.314 e. The van der Waals surface area contributed by atoms with Crippen LogP contribution in [0, 0.1) is 0 Å². The van der Waals surface area contributed by atoms with E-state index in [4.69, 9.17) is 9.26 Å². The molecular formula is C14H16N2O3. The minimum absolute atomic E-state index is 0.251. The van der Waals surface area contributed by atoms with Gasteiger partial charge in [-0.3, -0.25) is 4.79 Å². The van der Waals surface area contributed by atoms with E-state index < -0.39 is 0 Å². The molecule has 0 radical (unpaired) electrons. The van der Waals surface area contributed by atoms with Crippen LogP contribution in [0.4, 0.5) is 0 Å². The highest BCUT2D eigenvalue weighted by molar-refractivity contribution is 5.78. The van der Waals surface area contributed by atoms with Crippen molar-refractivity contribution in [3.63, 3.8) is 0 Å². The summed E-state index contributed by atoms with van der Waals surface area (Å²) in [5.74, 6) is -0.572. The summed E-state index contributed by atoms with van der Waals surface area (Å²) in [6, 6.07) is 11.3. The van der Waals surface area contributed by atoms with E-state index in [2.05, 4.69) is 10.5 Å². The van der Waals surface area contributed by atoms with Crippen molar-refractivity contribution >= 4 is 5.97 Å². The molecule has 0 spiro atoms. The fourth-order valence-corrected chi connectivity index (χ4v) is 1.84. The molecule has 0 fully saturated rings. The van der Waals surface area contributed by atoms with Gasteiger partial charge in [-0.25, -0.2) is 0 Å². The van der Waals surface area contributed by atoms with Gasteiger partial charge in [-0.2, -0.15) is 0 Å². The number of hydrogen-bond acceptors (Lipinski definition) is 5. The number of rotatable bonds is 6. The molecule has 5 nitrogen and oxygen atoms in total. The van der Waals surface area contributed by atoms with Crippen molar-refractivity contribution in [2.75, 3.05) is 13.7 Å². The molecule has 1 unspecified atom stereocenters. The van der Waals surface area contributed by atoms with Crippen molar-refractivity contribution in [1.82, 2.24) is 10.5 Å². The molecule has 1 aromatic heterocycles. The van der Waals surface area contributed by atoms with Gasteiger partial charge in [0.05, 0.1) is 18.7 Å². The number of nitrogens with one attached hydrogen (secondary N) is 1. The molecule has 1 N–H and O–H groups in total. The zero-order valence-electron chi connectivity index (χ0n) is 10.7. The first kappa shape index (κ1) is 13.3. The van der Waals surface area contributed by atoms with Crippen LogP contribution in [-0.2, 0) is 16.1 Å². The molecule has 0 aliphatic rings. The van der Waals surface area contributed by atoms with E-state index in [9.17, 15) is 4.79 Å². The first-order valence-corrected chi connectivity index (χ1v) is 6.04. The molecule has 0 aliphatic heterocycles. The molecular weight excluding hydrogens is 244 g/mol. The van der Waals surface area contributed by atoms with Gasteiger partial charge in [0.1, 0.15) is 6.26 Å². The van der Waals surface area contributed by atoms with Crippen LogP contribution >= 0.6 is 0 Å². The standard InChI is InChI=1S/C14H16N2O3/c1-18-14(17)13(11-5-3-2-4-6-11)10-15-9-12-7-8-19-16-12/h2-8,13,15H,9-10H2,1H3. The Hall–Kier alpha value is -2.14. The first-order chi connectivity index (χ1) is 9.31. The average Bonchev–Trinajstić information content (AvgIpc) is 2.97. The molecule has 2 aromatic rings. The van der Waals surface area contributed by atoms with E-state index in [-0.39, 0.29) is 11.9 Å². The van der Waals surface area contributed by atoms with E-state index >= 15 is 0 Å². The topological polar surface area (TPSA) is 64.4 Å². The fourth-order valence-electron chi connectivity index (χ4n) is 1.84. The van der Waals surface area contributed by atoms with Gasteiger partial charge in [0.25, 0.3) is 0 Å². The SMILES string of the molecule is COC(=O)C(CNCc1ccon1)c1ccccc1. The molecule has 1 aromatic carbocycles. The maximum atomic E-state index is 11.8. The second-order valence-electron chi connectivity index (χ2n) is 4.11. The Kier molecular flexibility index (Phi) is 4.69. The van der Waals surface area contributed by atoms with Gasteiger partial charge in [-0.1, -0.05) is 35.5 Å². The minimum atomic E-state index is -0.321. The molecule has 0 aliphatic carbocycles. The number of carbonyl (C=O) groups is 1. The Morgan fingerprint density at radius 2 is 2.16 bits per heavy atom. The predicted octanol–water partition coefficient (Wildman–Crippen LogP) is 1.72.